The van der Waals surface area contributed by atoms with E-state index in [0.29, 0.717) is 23.6 Å². The van der Waals surface area contributed by atoms with Crippen molar-refractivity contribution < 1.29 is 14.3 Å². The van der Waals surface area contributed by atoms with Gasteiger partial charge >= 0.3 is 0 Å². The van der Waals surface area contributed by atoms with Crippen molar-refractivity contribution in [3.63, 3.8) is 0 Å². The van der Waals surface area contributed by atoms with E-state index in [1.807, 2.05) is 24.4 Å². The fourth-order valence-corrected chi connectivity index (χ4v) is 4.65. The third kappa shape index (κ3) is 2.99. The van der Waals surface area contributed by atoms with Crippen LogP contribution in [0.4, 0.5) is 5.69 Å². The number of amides is 1. The number of hydrogen-bond donors (Lipinski definition) is 2. The average Bonchev–Trinajstić information content (AvgIpc) is 3.33. The molecule has 0 spiro atoms. The fraction of sp³-hybridized carbons (Fsp3) is 0.409. The molecule has 2 N–H and O–H groups in total. The van der Waals surface area contributed by atoms with Gasteiger partial charge in [-0.1, -0.05) is 0 Å². The van der Waals surface area contributed by atoms with E-state index >= 15 is 0 Å². The van der Waals surface area contributed by atoms with E-state index in [1.54, 1.807) is 24.4 Å². The first kappa shape index (κ1) is 18.9. The van der Waals surface area contributed by atoms with Gasteiger partial charge in [0.25, 0.3) is 11.5 Å². The molecular formula is C22H24N4O4. The van der Waals surface area contributed by atoms with Crippen LogP contribution in [0.2, 0.25) is 0 Å². The van der Waals surface area contributed by atoms with Gasteiger partial charge in [0.05, 0.1) is 29.6 Å². The molecule has 0 atom stereocenters. The number of rotatable bonds is 5. The van der Waals surface area contributed by atoms with Crippen LogP contribution in [-0.4, -0.2) is 38.6 Å². The van der Waals surface area contributed by atoms with Crippen LogP contribution in [0.15, 0.2) is 41.6 Å². The third-order valence-electron chi connectivity index (χ3n) is 5.89. The fourth-order valence-electron chi connectivity index (χ4n) is 4.65. The topological polar surface area (TPSA) is 97.7 Å². The zero-order valence-corrected chi connectivity index (χ0v) is 17.2. The van der Waals surface area contributed by atoms with Gasteiger partial charge in [0.15, 0.2) is 0 Å². The van der Waals surface area contributed by atoms with Crippen molar-refractivity contribution in [3.05, 3.63) is 58.4 Å². The highest BCUT2D eigenvalue weighted by Gasteiger charge is 2.61. The van der Waals surface area contributed by atoms with E-state index in [-0.39, 0.29) is 28.4 Å². The van der Waals surface area contributed by atoms with Crippen molar-refractivity contribution in [2.24, 2.45) is 0 Å². The van der Waals surface area contributed by atoms with Gasteiger partial charge in [-0.3, -0.25) is 9.59 Å². The Hall–Kier alpha value is -3.13. The number of ether oxygens (including phenoxy) is 2. The van der Waals surface area contributed by atoms with Gasteiger partial charge in [0.2, 0.25) is 0 Å². The largest absolute Gasteiger partial charge is 0.490 e. The van der Waals surface area contributed by atoms with Crippen molar-refractivity contribution >= 4 is 17.2 Å². The van der Waals surface area contributed by atoms with Gasteiger partial charge in [-0.15, -0.1) is 0 Å². The van der Waals surface area contributed by atoms with Crippen LogP contribution in [0, 0.1) is 0 Å². The molecule has 156 valence electrons. The number of aromatic nitrogens is 3. The molecule has 0 aromatic carbocycles. The number of carbonyl (C=O) groups excluding carboxylic acids is 1. The third-order valence-corrected chi connectivity index (χ3v) is 5.89. The molecule has 30 heavy (non-hydrogen) atoms. The normalized spacial score (nSPS) is 24.8. The minimum absolute atomic E-state index is 0.0322. The summed E-state index contributed by atoms with van der Waals surface area (Å²) < 4.78 is 13.7. The van der Waals surface area contributed by atoms with E-state index in [1.165, 1.54) is 6.20 Å². The summed E-state index contributed by atoms with van der Waals surface area (Å²) in [5, 5.41) is 2.67. The van der Waals surface area contributed by atoms with E-state index in [2.05, 4.69) is 17.2 Å². The minimum Gasteiger partial charge on any atom is -0.490 e. The van der Waals surface area contributed by atoms with Gasteiger partial charge in [0, 0.05) is 30.1 Å². The number of fused-ring (bicyclic) bond motifs is 2. The van der Waals surface area contributed by atoms with Gasteiger partial charge < -0.3 is 24.2 Å². The Labute approximate surface area is 173 Å². The van der Waals surface area contributed by atoms with Crippen LogP contribution in [0.1, 0.15) is 49.7 Å². The lowest BCUT2D eigenvalue weighted by Gasteiger charge is -2.41. The Balaban J connectivity index is 1.53. The number of imidazole rings is 1. The molecule has 5 heterocycles. The average molecular weight is 408 g/mol. The van der Waals surface area contributed by atoms with Gasteiger partial charge in [-0.25, -0.2) is 4.98 Å². The van der Waals surface area contributed by atoms with Crippen LogP contribution in [0.25, 0.3) is 5.65 Å². The molecule has 3 aromatic rings. The summed E-state index contributed by atoms with van der Waals surface area (Å²) in [5.41, 5.74) is 1.77. The Kier molecular flexibility index (Phi) is 4.05. The lowest BCUT2D eigenvalue weighted by molar-refractivity contribution is 0.0154. The molecule has 1 aliphatic carbocycles. The van der Waals surface area contributed by atoms with Gasteiger partial charge in [-0.05, 0) is 45.7 Å². The quantitative estimate of drug-likeness (QED) is 0.677. The number of carbonyl (C=O) groups is 1. The maximum Gasteiger partial charge on any atom is 0.271 e. The SMILES string of the molecule is CC(C)Oc1cc2nc(C34COC(C)(C3)C4)cn2cc1C(=O)Nc1ccc[nH]c1=O. The standard InChI is InChI=1S/C22H24N4O4/c1-13(2)30-16-7-18-25-17(22-10-21(3,11-22)29-12-22)9-26(18)8-14(16)19(27)24-15-5-4-6-23-20(15)28/h4-9,13H,10-12H2,1-3H3,(H,23,28)(H,24,27). The predicted molar refractivity (Wildman–Crippen MR) is 111 cm³/mol. The van der Waals surface area contributed by atoms with Crippen molar-refractivity contribution in [2.45, 2.75) is 50.7 Å². The summed E-state index contributed by atoms with van der Waals surface area (Å²) in [6.45, 7) is 6.60. The molecule has 8 heteroatoms. The van der Waals surface area contributed by atoms with Crippen LogP contribution < -0.4 is 15.6 Å². The number of pyridine rings is 2. The van der Waals surface area contributed by atoms with Crippen molar-refractivity contribution in [3.8, 4) is 5.75 Å². The monoisotopic (exact) mass is 408 g/mol. The zero-order chi connectivity index (χ0) is 21.1. The Morgan fingerprint density at radius 3 is 2.83 bits per heavy atom. The molecule has 0 unspecified atom stereocenters. The molecule has 1 amide bonds. The first-order chi connectivity index (χ1) is 14.3. The van der Waals surface area contributed by atoms with E-state index in [4.69, 9.17) is 14.5 Å². The molecule has 8 nitrogen and oxygen atoms in total. The minimum atomic E-state index is -0.418. The maximum absolute atomic E-state index is 13.0. The van der Waals surface area contributed by atoms with Crippen LogP contribution >= 0.6 is 0 Å². The first-order valence-electron chi connectivity index (χ1n) is 10.1. The Morgan fingerprint density at radius 2 is 2.17 bits per heavy atom. The number of hydrogen-bond acceptors (Lipinski definition) is 5. The first-order valence-corrected chi connectivity index (χ1v) is 10.1. The maximum atomic E-state index is 13.0. The predicted octanol–water partition coefficient (Wildman–Crippen LogP) is 2.88. The highest BCUT2D eigenvalue weighted by atomic mass is 16.5. The van der Waals surface area contributed by atoms with E-state index in [0.717, 1.165) is 18.5 Å². The number of aromatic amines is 1. The summed E-state index contributed by atoms with van der Waals surface area (Å²) in [7, 11) is 0. The molecule has 1 saturated carbocycles. The molecule has 2 bridgehead atoms. The number of anilines is 1. The van der Waals surface area contributed by atoms with Gasteiger partial charge in [0.1, 0.15) is 17.1 Å². The zero-order valence-electron chi connectivity index (χ0n) is 17.2. The molecule has 2 saturated heterocycles. The number of H-pyrrole nitrogens is 1. The van der Waals surface area contributed by atoms with Crippen LogP contribution in [0.3, 0.4) is 0 Å². The molecule has 0 radical (unpaired) electrons. The summed E-state index contributed by atoms with van der Waals surface area (Å²) in [5.74, 6) is 0.0104. The molecule has 3 aromatic heterocycles. The molecule has 3 aliphatic rings. The molecule has 2 aliphatic heterocycles. The molecular weight excluding hydrogens is 384 g/mol. The second-order valence-corrected chi connectivity index (χ2v) is 8.85. The lowest BCUT2D eigenvalue weighted by Crippen LogP contribution is -2.45. The highest BCUT2D eigenvalue weighted by molar-refractivity contribution is 6.06. The summed E-state index contributed by atoms with van der Waals surface area (Å²) in [6.07, 6.45) is 6.99. The molecule has 3 fully saturated rings. The van der Waals surface area contributed by atoms with E-state index < -0.39 is 5.91 Å². The van der Waals surface area contributed by atoms with Crippen molar-refractivity contribution in [1.29, 1.82) is 0 Å². The number of nitrogens with zero attached hydrogens (tertiary/aromatic N) is 2. The smallest absolute Gasteiger partial charge is 0.271 e. The molecule has 6 rings (SSSR count). The van der Waals surface area contributed by atoms with E-state index in [9.17, 15) is 9.59 Å². The summed E-state index contributed by atoms with van der Waals surface area (Å²) in [4.78, 5) is 32.3. The second-order valence-electron chi connectivity index (χ2n) is 8.85. The Morgan fingerprint density at radius 1 is 1.37 bits per heavy atom. The summed E-state index contributed by atoms with van der Waals surface area (Å²) in [6, 6.07) is 4.99. The lowest BCUT2D eigenvalue weighted by atomic mass is 9.62. The van der Waals surface area contributed by atoms with Crippen molar-refractivity contribution in [1.82, 2.24) is 14.4 Å². The van der Waals surface area contributed by atoms with Crippen molar-refractivity contribution in [2.75, 3.05) is 11.9 Å². The highest BCUT2D eigenvalue weighted by Crippen LogP contribution is 2.58. The van der Waals surface area contributed by atoms with Crippen LogP contribution in [-0.2, 0) is 10.2 Å². The second kappa shape index (κ2) is 6.43. The number of nitrogens with one attached hydrogen (secondary N) is 2. The Bertz CT molecular complexity index is 1200. The summed E-state index contributed by atoms with van der Waals surface area (Å²) >= 11 is 0. The van der Waals surface area contributed by atoms with Gasteiger partial charge in [-0.2, -0.15) is 0 Å². The van der Waals surface area contributed by atoms with Crippen LogP contribution in [0.5, 0.6) is 5.75 Å².